The second-order valence-electron chi connectivity index (χ2n) is 4.07. The summed E-state index contributed by atoms with van der Waals surface area (Å²) in [6, 6.07) is 3.68. The molecule has 0 unspecified atom stereocenters. The van der Waals surface area contributed by atoms with Crippen molar-refractivity contribution >= 4 is 0 Å². The van der Waals surface area contributed by atoms with Crippen LogP contribution in [-0.2, 0) is 13.1 Å². The molecule has 1 N–H and O–H groups in total. The minimum absolute atomic E-state index is 0.219. The molecule has 0 radical (unpaired) electrons. The molecule has 2 aromatic rings. The van der Waals surface area contributed by atoms with E-state index < -0.39 is 17.5 Å². The number of rotatable bonds is 4. The molecule has 0 spiro atoms. The average Bonchev–Trinajstić information content (AvgIpc) is 2.36. The highest BCUT2D eigenvalue weighted by molar-refractivity contribution is 5.19. The van der Waals surface area contributed by atoms with Crippen LogP contribution in [-0.4, -0.2) is 9.97 Å². The molecule has 0 fully saturated rings. The van der Waals surface area contributed by atoms with E-state index in [0.717, 1.165) is 17.8 Å². The van der Waals surface area contributed by atoms with Gasteiger partial charge in [-0.15, -0.1) is 0 Å². The summed E-state index contributed by atoms with van der Waals surface area (Å²) in [5.74, 6) is -3.17. The number of hydrogen-bond donors (Lipinski definition) is 1. The van der Waals surface area contributed by atoms with E-state index in [2.05, 4.69) is 15.3 Å². The number of aryl methyl sites for hydroxylation is 1. The van der Waals surface area contributed by atoms with Gasteiger partial charge in [-0.1, -0.05) is 0 Å². The van der Waals surface area contributed by atoms with Gasteiger partial charge >= 0.3 is 0 Å². The Kier molecular flexibility index (Phi) is 4.11. The lowest BCUT2D eigenvalue weighted by Gasteiger charge is -2.06. The second-order valence-corrected chi connectivity index (χ2v) is 4.07. The van der Waals surface area contributed by atoms with Crippen LogP contribution in [0.3, 0.4) is 0 Å². The number of halogens is 3. The largest absolute Gasteiger partial charge is 0.307 e. The topological polar surface area (TPSA) is 37.8 Å². The zero-order valence-electron chi connectivity index (χ0n) is 10.3. The normalized spacial score (nSPS) is 10.7. The van der Waals surface area contributed by atoms with Gasteiger partial charge in [-0.3, -0.25) is 0 Å². The molecule has 0 aliphatic carbocycles. The fourth-order valence-corrected chi connectivity index (χ4v) is 1.65. The van der Waals surface area contributed by atoms with Crippen LogP contribution in [0.5, 0.6) is 0 Å². The zero-order valence-corrected chi connectivity index (χ0v) is 10.3. The van der Waals surface area contributed by atoms with Crippen molar-refractivity contribution in [2.75, 3.05) is 0 Å². The molecule has 0 atom stereocenters. The molecule has 0 saturated heterocycles. The van der Waals surface area contributed by atoms with Crippen LogP contribution in [0.1, 0.15) is 17.1 Å². The Balaban J connectivity index is 1.96. The highest BCUT2D eigenvalue weighted by atomic mass is 19.2. The van der Waals surface area contributed by atoms with Gasteiger partial charge in [0.2, 0.25) is 0 Å². The number of benzene rings is 1. The lowest BCUT2D eigenvalue weighted by atomic mass is 10.2. The Morgan fingerprint density at radius 2 is 1.79 bits per heavy atom. The fraction of sp³-hybridized carbons (Fsp3) is 0.231. The number of hydrogen-bond acceptors (Lipinski definition) is 3. The molecule has 1 aromatic heterocycles. The molecular weight excluding hydrogens is 255 g/mol. The first-order valence-electron chi connectivity index (χ1n) is 5.69. The smallest absolute Gasteiger partial charge is 0.194 e. The molecule has 1 aromatic carbocycles. The van der Waals surface area contributed by atoms with E-state index in [1.807, 2.05) is 0 Å². The van der Waals surface area contributed by atoms with Crippen LogP contribution in [0.15, 0.2) is 24.4 Å². The van der Waals surface area contributed by atoms with Crippen LogP contribution in [0.25, 0.3) is 0 Å². The maximum Gasteiger partial charge on any atom is 0.194 e. The van der Waals surface area contributed by atoms with Crippen molar-refractivity contribution < 1.29 is 13.2 Å². The molecule has 0 aliphatic heterocycles. The maximum atomic E-state index is 13.0. The summed E-state index contributed by atoms with van der Waals surface area (Å²) in [6.45, 7) is 2.43. The predicted octanol–water partition coefficient (Wildman–Crippen LogP) is 2.49. The lowest BCUT2D eigenvalue weighted by molar-refractivity contribution is 0.444. The second kappa shape index (κ2) is 5.79. The van der Waals surface area contributed by atoms with Gasteiger partial charge in [-0.2, -0.15) is 0 Å². The first kappa shape index (κ1) is 13.5. The Labute approximate surface area is 108 Å². The Morgan fingerprint density at radius 1 is 1.11 bits per heavy atom. The maximum absolute atomic E-state index is 13.0. The third kappa shape index (κ3) is 3.51. The van der Waals surface area contributed by atoms with Crippen molar-refractivity contribution in [3.8, 4) is 0 Å². The summed E-state index contributed by atoms with van der Waals surface area (Å²) < 4.78 is 38.7. The molecule has 0 bridgehead atoms. The number of nitrogens with one attached hydrogen (secondary N) is 1. The van der Waals surface area contributed by atoms with Crippen LogP contribution in [0, 0.1) is 24.4 Å². The van der Waals surface area contributed by atoms with Crippen LogP contribution < -0.4 is 5.32 Å². The fourth-order valence-electron chi connectivity index (χ4n) is 1.65. The molecule has 0 saturated carbocycles. The van der Waals surface area contributed by atoms with Gasteiger partial charge in [0, 0.05) is 19.3 Å². The Hall–Kier alpha value is -1.95. The zero-order chi connectivity index (χ0) is 13.8. The highest BCUT2D eigenvalue weighted by Gasteiger charge is 2.10. The van der Waals surface area contributed by atoms with Gasteiger partial charge in [0.1, 0.15) is 5.82 Å². The highest BCUT2D eigenvalue weighted by Crippen LogP contribution is 2.13. The van der Waals surface area contributed by atoms with Gasteiger partial charge < -0.3 is 5.32 Å². The average molecular weight is 267 g/mol. The van der Waals surface area contributed by atoms with Gasteiger partial charge in [-0.05, 0) is 30.7 Å². The van der Waals surface area contributed by atoms with Crippen molar-refractivity contribution in [1.29, 1.82) is 0 Å². The molecule has 1 heterocycles. The summed E-state index contributed by atoms with van der Waals surface area (Å²) in [7, 11) is 0. The summed E-state index contributed by atoms with van der Waals surface area (Å²) in [5, 5.41) is 2.97. The quantitative estimate of drug-likeness (QED) is 0.865. The molecule has 6 heteroatoms. The minimum Gasteiger partial charge on any atom is -0.307 e. The van der Waals surface area contributed by atoms with Crippen molar-refractivity contribution in [2.24, 2.45) is 0 Å². The first-order valence-corrected chi connectivity index (χ1v) is 5.69. The van der Waals surface area contributed by atoms with Crippen LogP contribution in [0.4, 0.5) is 13.2 Å². The van der Waals surface area contributed by atoms with Crippen LogP contribution >= 0.6 is 0 Å². The predicted molar refractivity (Wildman–Crippen MR) is 63.6 cm³/mol. The van der Waals surface area contributed by atoms with Crippen molar-refractivity contribution in [3.05, 3.63) is 58.9 Å². The first-order chi connectivity index (χ1) is 9.06. The van der Waals surface area contributed by atoms with E-state index in [4.69, 9.17) is 0 Å². The third-order valence-corrected chi connectivity index (χ3v) is 2.51. The number of aromatic nitrogens is 2. The molecule has 2 rings (SSSR count). The van der Waals surface area contributed by atoms with E-state index >= 15 is 0 Å². The van der Waals surface area contributed by atoms with Gasteiger partial charge in [0.05, 0.1) is 5.69 Å². The molecule has 0 aliphatic rings. The number of nitrogens with zero attached hydrogens (tertiary/aromatic N) is 2. The summed E-state index contributed by atoms with van der Waals surface area (Å²) in [5.41, 5.74) is 1.11. The van der Waals surface area contributed by atoms with Gasteiger partial charge in [0.15, 0.2) is 17.5 Å². The van der Waals surface area contributed by atoms with Crippen molar-refractivity contribution in [1.82, 2.24) is 15.3 Å². The molecule has 100 valence electrons. The SMILES string of the molecule is Cc1nccc(CNCc2cc(F)c(F)c(F)c2)n1. The molecule has 0 amide bonds. The third-order valence-electron chi connectivity index (χ3n) is 2.51. The van der Waals surface area contributed by atoms with Gasteiger partial charge in [0.25, 0.3) is 0 Å². The summed E-state index contributed by atoms with van der Waals surface area (Å²) in [6.07, 6.45) is 1.64. The van der Waals surface area contributed by atoms with Crippen molar-refractivity contribution in [3.63, 3.8) is 0 Å². The summed E-state index contributed by atoms with van der Waals surface area (Å²) in [4.78, 5) is 8.13. The van der Waals surface area contributed by atoms with E-state index in [1.165, 1.54) is 0 Å². The Morgan fingerprint density at radius 3 is 2.42 bits per heavy atom. The molecule has 3 nitrogen and oxygen atoms in total. The molecular formula is C13H12F3N3. The lowest BCUT2D eigenvalue weighted by Crippen LogP contribution is -2.14. The van der Waals surface area contributed by atoms with E-state index in [-0.39, 0.29) is 6.54 Å². The van der Waals surface area contributed by atoms with E-state index in [0.29, 0.717) is 17.9 Å². The van der Waals surface area contributed by atoms with Crippen molar-refractivity contribution in [2.45, 2.75) is 20.0 Å². The minimum atomic E-state index is -1.45. The summed E-state index contributed by atoms with van der Waals surface area (Å²) >= 11 is 0. The monoisotopic (exact) mass is 267 g/mol. The Bertz CT molecular complexity index is 564. The van der Waals surface area contributed by atoms with E-state index in [1.54, 1.807) is 19.2 Å². The molecule has 19 heavy (non-hydrogen) atoms. The van der Waals surface area contributed by atoms with Gasteiger partial charge in [-0.25, -0.2) is 23.1 Å². The van der Waals surface area contributed by atoms with Crippen LogP contribution in [0.2, 0.25) is 0 Å². The van der Waals surface area contributed by atoms with E-state index in [9.17, 15) is 13.2 Å². The standard InChI is InChI=1S/C13H12F3N3/c1-8-18-3-2-10(19-8)7-17-6-9-4-11(14)13(16)12(15)5-9/h2-5,17H,6-7H2,1H3.